The van der Waals surface area contributed by atoms with Crippen LogP contribution in [-0.2, 0) is 9.53 Å². The maximum atomic E-state index is 13.0. The summed E-state index contributed by atoms with van der Waals surface area (Å²) in [5.74, 6) is -0.0469. The van der Waals surface area contributed by atoms with Crippen molar-refractivity contribution in [3.8, 4) is 0 Å². The van der Waals surface area contributed by atoms with Gasteiger partial charge in [-0.25, -0.2) is 0 Å². The Morgan fingerprint density at radius 1 is 1.46 bits per heavy atom. The van der Waals surface area contributed by atoms with Crippen LogP contribution < -0.4 is 0 Å². The van der Waals surface area contributed by atoms with Crippen molar-refractivity contribution in [2.24, 2.45) is 17.8 Å². The zero-order valence-electron chi connectivity index (χ0n) is 7.84. The number of cyclic esters (lactones) is 1. The number of halogens is 1. The van der Waals surface area contributed by atoms with Crippen LogP contribution in [0.3, 0.4) is 0 Å². The fourth-order valence-corrected chi connectivity index (χ4v) is 2.46. The van der Waals surface area contributed by atoms with Crippen LogP contribution in [0.25, 0.3) is 0 Å². The van der Waals surface area contributed by atoms with E-state index in [9.17, 15) is 9.18 Å². The van der Waals surface area contributed by atoms with Crippen molar-refractivity contribution in [3.05, 3.63) is 11.6 Å². The number of carbonyl (C=O) groups excluding carboxylic acids is 1. The average Bonchev–Trinajstić information content (AvgIpc) is 2.44. The van der Waals surface area contributed by atoms with Gasteiger partial charge >= 0.3 is 5.97 Å². The number of fused-ring (bicyclic) bond motifs is 1. The summed E-state index contributed by atoms with van der Waals surface area (Å²) in [5.41, 5.74) is 0.619. The number of esters is 1. The molecule has 2 nitrogen and oxygen atoms in total. The van der Waals surface area contributed by atoms with Gasteiger partial charge in [0.25, 0.3) is 6.01 Å². The number of ether oxygens (including phenoxy) is 1. The molecule has 0 spiro atoms. The molecule has 0 aromatic heterocycles. The van der Waals surface area contributed by atoms with E-state index in [0.29, 0.717) is 11.5 Å². The summed E-state index contributed by atoms with van der Waals surface area (Å²) in [6.07, 6.45) is 1.91. The molecule has 72 valence electrons. The Labute approximate surface area is 76.8 Å². The van der Waals surface area contributed by atoms with Crippen molar-refractivity contribution in [2.75, 3.05) is 0 Å². The normalized spacial score (nSPS) is 39.0. The molecule has 0 amide bonds. The highest BCUT2D eigenvalue weighted by atomic mass is 19.1. The van der Waals surface area contributed by atoms with Crippen molar-refractivity contribution in [3.63, 3.8) is 0 Å². The minimum absolute atomic E-state index is 0.0937. The Kier molecular flexibility index (Phi) is 1.90. The predicted octanol–water partition coefficient (Wildman–Crippen LogP) is 2.41. The van der Waals surface area contributed by atoms with Gasteiger partial charge in [0.1, 0.15) is 0 Å². The van der Waals surface area contributed by atoms with Gasteiger partial charge in [0.2, 0.25) is 0 Å². The van der Waals surface area contributed by atoms with Crippen LogP contribution >= 0.6 is 0 Å². The van der Waals surface area contributed by atoms with Gasteiger partial charge in [0, 0.05) is 5.57 Å². The van der Waals surface area contributed by atoms with Gasteiger partial charge in [0.05, 0.1) is 5.92 Å². The molecule has 3 atom stereocenters. The highest BCUT2D eigenvalue weighted by Gasteiger charge is 2.45. The van der Waals surface area contributed by atoms with E-state index in [1.165, 1.54) is 0 Å². The van der Waals surface area contributed by atoms with E-state index in [2.05, 4.69) is 4.74 Å². The summed E-state index contributed by atoms with van der Waals surface area (Å²) in [6.45, 7) is 3.75. The van der Waals surface area contributed by atoms with E-state index >= 15 is 0 Å². The molecule has 0 radical (unpaired) electrons. The summed E-state index contributed by atoms with van der Waals surface area (Å²) in [5, 5.41) is 0. The molecular weight excluding hydrogens is 171 g/mol. The standard InChI is InChI=1S/C10H13FO2/c1-5-3-4-7-6(2)9(11)13-10(12)8(5)7/h5,7-8H,3-4H2,1-2H3/t5-,7+,8+/m0/s1. The predicted molar refractivity (Wildman–Crippen MR) is 45.3 cm³/mol. The minimum Gasteiger partial charge on any atom is -0.398 e. The summed E-state index contributed by atoms with van der Waals surface area (Å²) in [4.78, 5) is 11.3. The molecule has 1 heterocycles. The van der Waals surface area contributed by atoms with Crippen molar-refractivity contribution >= 4 is 5.97 Å². The van der Waals surface area contributed by atoms with Crippen LogP contribution in [0, 0.1) is 17.8 Å². The molecule has 0 bridgehead atoms. The average molecular weight is 184 g/mol. The molecule has 13 heavy (non-hydrogen) atoms. The Bertz CT molecular complexity index is 283. The van der Waals surface area contributed by atoms with Crippen molar-refractivity contribution in [1.82, 2.24) is 0 Å². The van der Waals surface area contributed by atoms with E-state index in [1.54, 1.807) is 6.92 Å². The molecule has 1 aliphatic carbocycles. The van der Waals surface area contributed by atoms with Crippen molar-refractivity contribution in [1.29, 1.82) is 0 Å². The zero-order chi connectivity index (χ0) is 9.59. The SMILES string of the molecule is CC1=C(F)OC(=O)[C@H]2[C@@H]1CC[C@@H]2C. The monoisotopic (exact) mass is 184 g/mol. The quantitative estimate of drug-likeness (QED) is 0.540. The van der Waals surface area contributed by atoms with E-state index in [-0.39, 0.29) is 17.8 Å². The first-order chi connectivity index (χ1) is 6.11. The fraction of sp³-hybridized carbons (Fsp3) is 0.700. The lowest BCUT2D eigenvalue weighted by molar-refractivity contribution is -0.151. The number of hydrogen-bond donors (Lipinski definition) is 0. The smallest absolute Gasteiger partial charge is 0.317 e. The summed E-state index contributed by atoms with van der Waals surface area (Å²) >= 11 is 0. The maximum absolute atomic E-state index is 13.0. The van der Waals surface area contributed by atoms with Gasteiger partial charge in [-0.15, -0.1) is 0 Å². The summed E-state index contributed by atoms with van der Waals surface area (Å²) in [7, 11) is 0. The Morgan fingerprint density at radius 2 is 2.15 bits per heavy atom. The molecule has 3 heteroatoms. The van der Waals surface area contributed by atoms with Crippen LogP contribution in [0.2, 0.25) is 0 Å². The topological polar surface area (TPSA) is 26.3 Å². The van der Waals surface area contributed by atoms with E-state index < -0.39 is 6.01 Å². The molecular formula is C10H13FO2. The Balaban J connectivity index is 2.35. The fourth-order valence-electron chi connectivity index (χ4n) is 2.46. The first kappa shape index (κ1) is 8.73. The number of allylic oxidation sites excluding steroid dienone is 1. The third-order valence-electron chi connectivity index (χ3n) is 3.31. The molecule has 0 aromatic carbocycles. The second-order valence-corrected chi connectivity index (χ2v) is 4.06. The van der Waals surface area contributed by atoms with Crippen LogP contribution in [-0.4, -0.2) is 5.97 Å². The molecule has 2 rings (SSSR count). The Morgan fingerprint density at radius 3 is 2.85 bits per heavy atom. The van der Waals surface area contributed by atoms with Gasteiger partial charge in [-0.3, -0.25) is 4.79 Å². The second kappa shape index (κ2) is 2.82. The zero-order valence-corrected chi connectivity index (χ0v) is 7.84. The molecule has 0 saturated heterocycles. The van der Waals surface area contributed by atoms with E-state index in [1.807, 2.05) is 6.92 Å². The van der Waals surface area contributed by atoms with Crippen LogP contribution in [0.4, 0.5) is 4.39 Å². The molecule has 0 unspecified atom stereocenters. The molecule has 0 aromatic rings. The Hall–Kier alpha value is -0.860. The number of hydrogen-bond acceptors (Lipinski definition) is 2. The van der Waals surface area contributed by atoms with Crippen LogP contribution in [0.5, 0.6) is 0 Å². The van der Waals surface area contributed by atoms with Gasteiger partial charge in [-0.05, 0) is 31.6 Å². The van der Waals surface area contributed by atoms with Gasteiger partial charge in [-0.1, -0.05) is 6.92 Å². The van der Waals surface area contributed by atoms with Crippen molar-refractivity contribution in [2.45, 2.75) is 26.7 Å². The first-order valence-corrected chi connectivity index (χ1v) is 4.69. The molecule has 1 saturated carbocycles. The number of carbonyl (C=O) groups is 1. The first-order valence-electron chi connectivity index (χ1n) is 4.69. The molecule has 1 fully saturated rings. The van der Waals surface area contributed by atoms with Crippen LogP contribution in [0.1, 0.15) is 26.7 Å². The molecule has 1 aliphatic heterocycles. The lowest BCUT2D eigenvalue weighted by Gasteiger charge is -2.26. The maximum Gasteiger partial charge on any atom is 0.317 e. The second-order valence-electron chi connectivity index (χ2n) is 4.06. The number of rotatable bonds is 0. The summed E-state index contributed by atoms with van der Waals surface area (Å²) in [6, 6.07) is -0.666. The highest BCUT2D eigenvalue weighted by molar-refractivity contribution is 5.76. The lowest BCUT2D eigenvalue weighted by Crippen LogP contribution is -2.30. The van der Waals surface area contributed by atoms with Crippen molar-refractivity contribution < 1.29 is 13.9 Å². The third kappa shape index (κ3) is 1.18. The van der Waals surface area contributed by atoms with Crippen LogP contribution in [0.15, 0.2) is 11.6 Å². The van der Waals surface area contributed by atoms with Gasteiger partial charge in [0.15, 0.2) is 0 Å². The largest absolute Gasteiger partial charge is 0.398 e. The van der Waals surface area contributed by atoms with Gasteiger partial charge in [-0.2, -0.15) is 4.39 Å². The van der Waals surface area contributed by atoms with Gasteiger partial charge < -0.3 is 4.74 Å². The van der Waals surface area contributed by atoms with E-state index in [4.69, 9.17) is 0 Å². The summed E-state index contributed by atoms with van der Waals surface area (Å²) < 4.78 is 17.6. The lowest BCUT2D eigenvalue weighted by atomic mass is 9.85. The molecule has 2 aliphatic rings. The minimum atomic E-state index is -0.666. The van der Waals surface area contributed by atoms with E-state index in [0.717, 1.165) is 12.8 Å². The molecule has 0 N–H and O–H groups in total. The highest BCUT2D eigenvalue weighted by Crippen LogP contribution is 2.45. The third-order valence-corrected chi connectivity index (χ3v) is 3.31.